The molecule has 0 radical (unpaired) electrons. The number of hydrogen-bond donors (Lipinski definition) is 3. The number of ether oxygens (including phenoxy) is 1. The molecule has 0 aliphatic carbocycles. The Bertz CT molecular complexity index is 1850. The predicted octanol–water partition coefficient (Wildman–Crippen LogP) is 5.91. The van der Waals surface area contributed by atoms with Crippen molar-refractivity contribution in [2.75, 3.05) is 20.6 Å². The van der Waals surface area contributed by atoms with E-state index >= 15 is 0 Å². The van der Waals surface area contributed by atoms with E-state index in [0.29, 0.717) is 31.1 Å². The van der Waals surface area contributed by atoms with Gasteiger partial charge in [-0.2, -0.15) is 0 Å². The third-order valence-corrected chi connectivity index (χ3v) is 9.16. The van der Waals surface area contributed by atoms with Crippen LogP contribution in [0.25, 0.3) is 0 Å². The van der Waals surface area contributed by atoms with E-state index in [1.165, 1.54) is 16.1 Å². The highest BCUT2D eigenvalue weighted by Gasteiger charge is 2.34. The molecule has 1 aromatic heterocycles. The average molecular weight is 701 g/mol. The van der Waals surface area contributed by atoms with Gasteiger partial charge in [-0.25, -0.2) is 9.78 Å². The lowest BCUT2D eigenvalue weighted by Gasteiger charge is -2.33. The molecule has 10 heteroatoms. The summed E-state index contributed by atoms with van der Waals surface area (Å²) in [7, 11) is 3.30. The Morgan fingerprint density at radius 1 is 0.788 bits per heavy atom. The summed E-state index contributed by atoms with van der Waals surface area (Å²) in [4.78, 5) is 52.1. The van der Waals surface area contributed by atoms with E-state index in [-0.39, 0.29) is 24.2 Å². The van der Waals surface area contributed by atoms with Gasteiger partial charge >= 0.3 is 6.03 Å². The Labute approximate surface area is 306 Å². The number of nitrogens with zero attached hydrogens (tertiary/aromatic N) is 3. The van der Waals surface area contributed by atoms with E-state index in [4.69, 9.17) is 4.74 Å². The molecule has 4 amide bonds. The molecule has 5 rings (SSSR count). The van der Waals surface area contributed by atoms with Crippen molar-refractivity contribution in [2.45, 2.75) is 57.3 Å². The minimum atomic E-state index is -0.971. The Balaban J connectivity index is 1.35. The normalized spacial score (nSPS) is 12.3. The van der Waals surface area contributed by atoms with E-state index < -0.39 is 24.0 Å². The van der Waals surface area contributed by atoms with Crippen LogP contribution in [-0.2, 0) is 41.0 Å². The first-order valence-electron chi connectivity index (χ1n) is 17.5. The number of hydrogen-bond acceptors (Lipinski definition) is 5. The van der Waals surface area contributed by atoms with Crippen molar-refractivity contribution in [2.24, 2.45) is 0 Å². The highest BCUT2D eigenvalue weighted by Crippen LogP contribution is 2.23. The predicted molar refractivity (Wildman–Crippen MR) is 202 cm³/mol. The highest BCUT2D eigenvalue weighted by molar-refractivity contribution is 5.92. The molecule has 0 fully saturated rings. The van der Waals surface area contributed by atoms with Gasteiger partial charge in [0, 0.05) is 57.3 Å². The second kappa shape index (κ2) is 17.8. The molecule has 0 aliphatic rings. The maximum absolute atomic E-state index is 14.4. The van der Waals surface area contributed by atoms with E-state index in [9.17, 15) is 14.4 Å². The van der Waals surface area contributed by atoms with Crippen molar-refractivity contribution in [3.63, 3.8) is 0 Å². The Morgan fingerprint density at radius 3 is 2.02 bits per heavy atom. The minimum Gasteiger partial charge on any atom is -0.489 e. The molecule has 0 unspecified atom stereocenters. The van der Waals surface area contributed by atoms with Crippen LogP contribution in [0.1, 0.15) is 41.8 Å². The molecule has 3 N–H and O–H groups in total. The number of carbonyl (C=O) groups excluding carboxylic acids is 3. The number of benzene rings is 4. The highest BCUT2D eigenvalue weighted by atomic mass is 16.5. The first kappa shape index (κ1) is 37.4. The fraction of sp³-hybridized carbons (Fsp3) is 0.286. The molecular formula is C42H48N6O4. The number of aromatic nitrogens is 2. The topological polar surface area (TPSA) is 120 Å². The Kier molecular flexibility index (Phi) is 12.8. The summed E-state index contributed by atoms with van der Waals surface area (Å²) in [5.74, 6) is 0.00280. The molecule has 2 atom stereocenters. The lowest BCUT2D eigenvalue weighted by atomic mass is 9.84. The molecule has 0 bridgehead atoms. The van der Waals surface area contributed by atoms with Crippen LogP contribution in [0.5, 0.6) is 5.75 Å². The van der Waals surface area contributed by atoms with Crippen LogP contribution in [-0.4, -0.2) is 70.3 Å². The average Bonchev–Trinajstić information content (AvgIpc) is 3.69. The third-order valence-electron chi connectivity index (χ3n) is 9.16. The zero-order chi connectivity index (χ0) is 36.9. The number of nitrogens with one attached hydrogen (secondary N) is 3. The van der Waals surface area contributed by atoms with Gasteiger partial charge in [0.05, 0.1) is 6.33 Å². The van der Waals surface area contributed by atoms with E-state index in [2.05, 4.69) is 34.4 Å². The van der Waals surface area contributed by atoms with Gasteiger partial charge in [-0.1, -0.05) is 117 Å². The first-order valence-corrected chi connectivity index (χ1v) is 17.5. The largest absolute Gasteiger partial charge is 0.489 e. The van der Waals surface area contributed by atoms with Crippen LogP contribution in [0.2, 0.25) is 0 Å². The summed E-state index contributed by atoms with van der Waals surface area (Å²) in [5, 5.41) is 6.06. The number of likely N-dealkylation sites (N-methyl/N-ethyl adjacent to an activating group) is 1. The fourth-order valence-electron chi connectivity index (χ4n) is 5.91. The molecular weight excluding hydrogens is 652 g/mol. The molecule has 1 heterocycles. The number of carbonyl (C=O) groups is 3. The second-order valence-electron chi connectivity index (χ2n) is 13.7. The summed E-state index contributed by atoms with van der Waals surface area (Å²) in [6.45, 7) is 5.30. The molecule has 5 aromatic rings. The molecule has 0 aliphatic heterocycles. The zero-order valence-corrected chi connectivity index (χ0v) is 30.3. The van der Waals surface area contributed by atoms with Gasteiger partial charge in [0.25, 0.3) is 0 Å². The van der Waals surface area contributed by atoms with Gasteiger partial charge in [-0.3, -0.25) is 9.59 Å². The van der Waals surface area contributed by atoms with Crippen molar-refractivity contribution in [1.29, 1.82) is 0 Å². The van der Waals surface area contributed by atoms with Gasteiger partial charge in [0.2, 0.25) is 11.8 Å². The lowest BCUT2D eigenvalue weighted by Crippen LogP contribution is -2.57. The number of imidazole rings is 1. The van der Waals surface area contributed by atoms with Crippen LogP contribution < -0.4 is 15.4 Å². The minimum absolute atomic E-state index is 0.164. The molecule has 0 spiro atoms. The molecule has 52 heavy (non-hydrogen) atoms. The molecule has 0 saturated carbocycles. The lowest BCUT2D eigenvalue weighted by molar-refractivity contribution is -0.140. The van der Waals surface area contributed by atoms with Crippen molar-refractivity contribution >= 4 is 17.8 Å². The van der Waals surface area contributed by atoms with Gasteiger partial charge in [0.15, 0.2) is 0 Å². The summed E-state index contributed by atoms with van der Waals surface area (Å²) in [6.07, 6.45) is 3.56. The van der Waals surface area contributed by atoms with Crippen LogP contribution >= 0.6 is 0 Å². The van der Waals surface area contributed by atoms with Crippen molar-refractivity contribution < 1.29 is 19.1 Å². The van der Waals surface area contributed by atoms with Crippen molar-refractivity contribution in [3.8, 4) is 5.75 Å². The monoisotopic (exact) mass is 700 g/mol. The maximum atomic E-state index is 14.4. The van der Waals surface area contributed by atoms with Crippen LogP contribution in [0, 0.1) is 0 Å². The first-order chi connectivity index (χ1) is 25.1. The molecule has 10 nitrogen and oxygen atoms in total. The number of H-pyrrole nitrogens is 1. The van der Waals surface area contributed by atoms with E-state index in [0.717, 1.165) is 22.3 Å². The summed E-state index contributed by atoms with van der Waals surface area (Å²) in [6, 6.07) is 34.9. The van der Waals surface area contributed by atoms with Gasteiger partial charge in [-0.05, 0) is 34.4 Å². The van der Waals surface area contributed by atoms with Crippen LogP contribution in [0.4, 0.5) is 4.79 Å². The standard InChI is InChI=1S/C42H48N6O4/c1-42(2,34-18-12-7-13-19-34)29-44-39(49)38(24-31-20-22-36(23-21-31)52-28-33-16-10-6-11-17-33)48(4)40(50)37(25-35-26-43-30-45-35)46-41(51)47(3)27-32-14-8-5-9-15-32/h5-23,26,30,37-38H,24-25,27-29H2,1-4H3,(H,43,45)(H,44,49)(H,46,51)/t37-,38+/m0/s1. The van der Waals surface area contributed by atoms with Gasteiger partial charge in [0.1, 0.15) is 24.4 Å². The number of aromatic amines is 1. The Hall–Kier alpha value is -5.90. The Morgan fingerprint density at radius 2 is 1.40 bits per heavy atom. The van der Waals surface area contributed by atoms with Crippen molar-refractivity contribution in [1.82, 2.24) is 30.4 Å². The molecule has 0 saturated heterocycles. The SMILES string of the molecule is CN(Cc1ccccc1)C(=O)N[C@@H](Cc1cnc[nH]1)C(=O)N(C)[C@H](Cc1ccc(OCc2ccccc2)cc1)C(=O)NCC(C)(C)c1ccccc1. The molecule has 4 aromatic carbocycles. The number of urea groups is 1. The fourth-order valence-corrected chi connectivity index (χ4v) is 5.91. The van der Waals surface area contributed by atoms with Gasteiger partial charge in [-0.15, -0.1) is 0 Å². The number of rotatable bonds is 16. The zero-order valence-electron chi connectivity index (χ0n) is 30.3. The molecule has 270 valence electrons. The third kappa shape index (κ3) is 10.6. The van der Waals surface area contributed by atoms with E-state index in [1.807, 2.05) is 115 Å². The van der Waals surface area contributed by atoms with Crippen LogP contribution in [0.15, 0.2) is 128 Å². The van der Waals surface area contributed by atoms with Crippen LogP contribution in [0.3, 0.4) is 0 Å². The van der Waals surface area contributed by atoms with Gasteiger partial charge < -0.3 is 30.2 Å². The van der Waals surface area contributed by atoms with Crippen molar-refractivity contribution in [3.05, 3.63) is 156 Å². The maximum Gasteiger partial charge on any atom is 0.318 e. The summed E-state index contributed by atoms with van der Waals surface area (Å²) in [5.41, 5.74) is 4.28. The summed E-state index contributed by atoms with van der Waals surface area (Å²) < 4.78 is 5.98. The number of amides is 4. The smallest absolute Gasteiger partial charge is 0.318 e. The quantitative estimate of drug-likeness (QED) is 0.118. The second-order valence-corrected chi connectivity index (χ2v) is 13.7. The summed E-state index contributed by atoms with van der Waals surface area (Å²) >= 11 is 0. The van der Waals surface area contributed by atoms with E-state index in [1.54, 1.807) is 20.3 Å².